The van der Waals surface area contributed by atoms with Crippen molar-refractivity contribution in [2.45, 2.75) is 95.9 Å². The fourth-order valence-corrected chi connectivity index (χ4v) is 12.2. The van der Waals surface area contributed by atoms with Gasteiger partial charge in [0.1, 0.15) is 0 Å². The number of aliphatic imine (C=N–C) groups is 1. The molecular formula is C27H41N3OS2. The van der Waals surface area contributed by atoms with Gasteiger partial charge in [0.05, 0.1) is 5.54 Å². The van der Waals surface area contributed by atoms with Gasteiger partial charge in [0.25, 0.3) is 0 Å². The van der Waals surface area contributed by atoms with Crippen LogP contribution in [0, 0.1) is 28.6 Å². The summed E-state index contributed by atoms with van der Waals surface area (Å²) in [4.78, 5) is 18.1. The fraction of sp³-hybridized carbons (Fsp3) is 0.852. The van der Waals surface area contributed by atoms with Crippen LogP contribution in [0.4, 0.5) is 0 Å². The van der Waals surface area contributed by atoms with Gasteiger partial charge in [-0.2, -0.15) is 0 Å². The summed E-state index contributed by atoms with van der Waals surface area (Å²) in [5.41, 5.74) is 9.60. The molecule has 0 radical (unpaired) electrons. The van der Waals surface area contributed by atoms with Crippen molar-refractivity contribution < 1.29 is 4.79 Å². The summed E-state index contributed by atoms with van der Waals surface area (Å²) in [6.07, 6.45) is 15.9. The van der Waals surface area contributed by atoms with Crippen LogP contribution in [0.25, 0.3) is 0 Å². The molecule has 182 valence electrons. The minimum atomic E-state index is 0.0350. The first kappa shape index (κ1) is 22.8. The summed E-state index contributed by atoms with van der Waals surface area (Å²) >= 11 is 0. The van der Waals surface area contributed by atoms with E-state index in [1.807, 2.05) is 10.8 Å². The van der Waals surface area contributed by atoms with E-state index in [4.69, 9.17) is 5.73 Å². The Labute approximate surface area is 207 Å². The summed E-state index contributed by atoms with van der Waals surface area (Å²) < 4.78 is 0. The molecule has 3 fully saturated rings. The van der Waals surface area contributed by atoms with Gasteiger partial charge in [-0.1, -0.05) is 59.8 Å². The molecule has 3 saturated carbocycles. The first-order chi connectivity index (χ1) is 16.0. The number of hydrogen-bond donors (Lipinski definition) is 2. The van der Waals surface area contributed by atoms with Crippen LogP contribution in [0.15, 0.2) is 16.1 Å². The van der Waals surface area contributed by atoms with Crippen LogP contribution in [0.5, 0.6) is 0 Å². The maximum Gasteiger partial charge on any atom is 0.189 e. The molecule has 2 spiro atoms. The Morgan fingerprint density at radius 1 is 1.06 bits per heavy atom. The van der Waals surface area contributed by atoms with Gasteiger partial charge in [0, 0.05) is 29.9 Å². The van der Waals surface area contributed by atoms with Crippen molar-refractivity contribution in [2.75, 3.05) is 18.1 Å². The van der Waals surface area contributed by atoms with E-state index in [0.717, 1.165) is 62.2 Å². The molecule has 0 aromatic carbocycles. The monoisotopic (exact) mass is 487 g/mol. The summed E-state index contributed by atoms with van der Waals surface area (Å²) in [5, 5.41) is 3.57. The molecule has 6 heteroatoms. The van der Waals surface area contributed by atoms with Crippen molar-refractivity contribution in [3.8, 4) is 0 Å². The molecule has 0 amide bonds. The standard InChI is InChI=1S/C27H41N3OS2/c1-25-12-14-32-33-17-26(11-13-29-24(28)30-26)10-4-7-20-22-15-19(25)8-9-21(18-5-2-3-6-18)27(22,25)16-23(20)31/h18-19,21H,2-17H2,1H3,(H3,28,29,30). The van der Waals surface area contributed by atoms with E-state index in [0.29, 0.717) is 17.2 Å². The SMILES string of the molecule is CC12CCSSCC3(CCCC4=C5CC1CCC(C1CCCC1)C52CC4=O)CCN=C(N)N3. The van der Waals surface area contributed by atoms with Crippen molar-refractivity contribution in [3.05, 3.63) is 11.1 Å². The molecule has 6 aliphatic rings. The molecule has 2 aliphatic heterocycles. The van der Waals surface area contributed by atoms with Crippen molar-refractivity contribution in [1.29, 1.82) is 0 Å². The topological polar surface area (TPSA) is 67.5 Å². The van der Waals surface area contributed by atoms with Gasteiger partial charge in [-0.25, -0.2) is 0 Å². The van der Waals surface area contributed by atoms with Crippen molar-refractivity contribution in [1.82, 2.24) is 5.32 Å². The molecule has 2 heterocycles. The normalized spacial score (nSPS) is 44.3. The van der Waals surface area contributed by atoms with Gasteiger partial charge >= 0.3 is 0 Å². The first-order valence-electron chi connectivity index (χ1n) is 13.6. The number of nitrogens with zero attached hydrogens (tertiary/aromatic N) is 1. The number of carbonyl (C=O) groups is 1. The number of Topliss-reactive ketones (excluding diaryl/α,β-unsaturated/α-hetero) is 1. The molecule has 5 unspecified atom stereocenters. The quantitative estimate of drug-likeness (QED) is 0.453. The van der Waals surface area contributed by atoms with E-state index < -0.39 is 0 Å². The fourth-order valence-electron chi connectivity index (χ4n) is 9.34. The second-order valence-corrected chi connectivity index (χ2v) is 14.8. The van der Waals surface area contributed by atoms with Crippen molar-refractivity contribution in [3.63, 3.8) is 0 Å². The van der Waals surface area contributed by atoms with E-state index in [1.165, 1.54) is 62.7 Å². The number of carbonyl (C=O) groups excluding carboxylic acids is 1. The molecule has 5 bridgehead atoms. The van der Waals surface area contributed by atoms with Crippen molar-refractivity contribution >= 4 is 33.3 Å². The minimum absolute atomic E-state index is 0.0350. The lowest BCUT2D eigenvalue weighted by atomic mass is 9.48. The van der Waals surface area contributed by atoms with E-state index in [1.54, 1.807) is 5.57 Å². The Kier molecular flexibility index (Phi) is 5.88. The van der Waals surface area contributed by atoms with Gasteiger partial charge in [-0.05, 0) is 80.1 Å². The highest BCUT2D eigenvalue weighted by molar-refractivity contribution is 8.76. The molecule has 5 atom stereocenters. The third kappa shape index (κ3) is 3.47. The lowest BCUT2D eigenvalue weighted by Crippen LogP contribution is -2.56. The van der Waals surface area contributed by atoms with Gasteiger partial charge < -0.3 is 11.1 Å². The Bertz CT molecular complexity index is 881. The molecule has 0 aromatic rings. The third-order valence-electron chi connectivity index (χ3n) is 10.9. The van der Waals surface area contributed by atoms with Gasteiger partial charge in [0.15, 0.2) is 11.7 Å². The molecular weight excluding hydrogens is 446 g/mol. The summed E-state index contributed by atoms with van der Waals surface area (Å²) in [5.74, 6) is 5.81. The zero-order valence-electron chi connectivity index (χ0n) is 20.3. The summed E-state index contributed by atoms with van der Waals surface area (Å²) in [6, 6.07) is 0. The Morgan fingerprint density at radius 3 is 2.73 bits per heavy atom. The Hall–Kier alpha value is -0.620. The largest absolute Gasteiger partial charge is 0.370 e. The molecule has 6 rings (SSSR count). The van der Waals surface area contributed by atoms with Gasteiger partial charge in [-0.15, -0.1) is 0 Å². The zero-order chi connectivity index (χ0) is 22.7. The van der Waals surface area contributed by atoms with Crippen LogP contribution >= 0.6 is 21.6 Å². The van der Waals surface area contributed by atoms with Crippen LogP contribution in [-0.2, 0) is 4.79 Å². The molecule has 3 N–H and O–H groups in total. The number of rotatable bonds is 1. The van der Waals surface area contributed by atoms with E-state index in [9.17, 15) is 4.79 Å². The number of ketones is 1. The number of nitrogens with two attached hydrogens (primary N) is 1. The average molecular weight is 488 g/mol. The number of nitrogens with one attached hydrogen (secondary N) is 1. The lowest BCUT2D eigenvalue weighted by molar-refractivity contribution is -0.122. The van der Waals surface area contributed by atoms with Crippen molar-refractivity contribution in [2.24, 2.45) is 39.3 Å². The maximum absolute atomic E-state index is 13.7. The third-order valence-corrected chi connectivity index (χ3v) is 13.5. The van der Waals surface area contributed by atoms with Crippen LogP contribution in [0.2, 0.25) is 0 Å². The number of guanidine groups is 1. The number of allylic oxidation sites excluding steroid dienone is 2. The second-order valence-electron chi connectivity index (χ2n) is 12.2. The van der Waals surface area contributed by atoms with Crippen LogP contribution in [0.3, 0.4) is 0 Å². The summed E-state index contributed by atoms with van der Waals surface area (Å²) in [6.45, 7) is 3.44. The molecule has 33 heavy (non-hydrogen) atoms. The van der Waals surface area contributed by atoms with Gasteiger partial charge in [0.2, 0.25) is 0 Å². The zero-order valence-corrected chi connectivity index (χ0v) is 21.9. The van der Waals surface area contributed by atoms with Crippen LogP contribution in [-0.4, -0.2) is 35.3 Å². The second kappa shape index (κ2) is 8.50. The van der Waals surface area contributed by atoms with Crippen LogP contribution in [0.1, 0.15) is 90.4 Å². The number of hydrogen-bond acceptors (Lipinski definition) is 6. The predicted molar refractivity (Wildman–Crippen MR) is 140 cm³/mol. The van der Waals surface area contributed by atoms with E-state index in [2.05, 4.69) is 28.0 Å². The highest BCUT2D eigenvalue weighted by atomic mass is 33.1. The molecule has 4 aliphatic carbocycles. The smallest absolute Gasteiger partial charge is 0.189 e. The Balaban J connectivity index is 1.36. The molecule has 0 aromatic heterocycles. The van der Waals surface area contributed by atoms with Gasteiger partial charge in [-0.3, -0.25) is 9.79 Å². The summed E-state index contributed by atoms with van der Waals surface area (Å²) in [7, 11) is 4.11. The molecule has 0 saturated heterocycles. The van der Waals surface area contributed by atoms with Crippen LogP contribution < -0.4 is 11.1 Å². The lowest BCUT2D eigenvalue weighted by Gasteiger charge is -2.55. The first-order valence-corrected chi connectivity index (χ1v) is 16.0. The molecule has 4 nitrogen and oxygen atoms in total. The van der Waals surface area contributed by atoms with E-state index >= 15 is 0 Å². The minimum Gasteiger partial charge on any atom is -0.370 e. The Morgan fingerprint density at radius 2 is 1.91 bits per heavy atom. The highest BCUT2D eigenvalue weighted by Gasteiger charge is 2.69. The van der Waals surface area contributed by atoms with E-state index in [-0.39, 0.29) is 11.0 Å². The average Bonchev–Trinajstić information content (AvgIpc) is 3.42. The maximum atomic E-state index is 13.7. The highest BCUT2D eigenvalue weighted by Crippen LogP contribution is 2.75. The predicted octanol–water partition coefficient (Wildman–Crippen LogP) is 5.87.